The fraction of sp³-hybridized carbons (Fsp3) is 0.344. The van der Waals surface area contributed by atoms with E-state index in [2.05, 4.69) is 212 Å². The van der Waals surface area contributed by atoms with Gasteiger partial charge in [0.15, 0.2) is 11.3 Å². The minimum absolute atomic E-state index is 0.0368. The number of para-hydroxylation sites is 2. The van der Waals surface area contributed by atoms with Crippen LogP contribution in [-0.4, -0.2) is 16.8 Å². The number of hydrogen-bond acceptors (Lipinski definition) is 4. The highest BCUT2D eigenvalue weighted by Crippen LogP contribution is 2.62. The van der Waals surface area contributed by atoms with Gasteiger partial charge < -0.3 is 23.5 Å². The van der Waals surface area contributed by atoms with Gasteiger partial charge in [0.25, 0.3) is 6.71 Å². The van der Waals surface area contributed by atoms with Gasteiger partial charge in [-0.1, -0.05) is 149 Å². The summed E-state index contributed by atoms with van der Waals surface area (Å²) in [6, 6.07) is 40.6. The van der Waals surface area contributed by atoms with E-state index < -0.39 is 0 Å². The lowest BCUT2D eigenvalue weighted by Crippen LogP contribution is -2.61. The molecule has 6 aromatic carbocycles. The molecule has 70 heavy (non-hydrogen) atoms. The van der Waals surface area contributed by atoms with Crippen molar-refractivity contribution in [2.75, 3.05) is 9.80 Å². The molecule has 2 aliphatic carbocycles. The van der Waals surface area contributed by atoms with Crippen molar-refractivity contribution in [1.82, 2.24) is 4.57 Å². The summed E-state index contributed by atoms with van der Waals surface area (Å²) in [7, 11) is 0. The van der Waals surface area contributed by atoms with E-state index in [1.807, 2.05) is 0 Å². The Morgan fingerprint density at radius 2 is 1.37 bits per heavy atom. The largest absolute Gasteiger partial charge is 0.459 e. The lowest BCUT2D eigenvalue weighted by Gasteiger charge is -2.51. The molecule has 0 saturated heterocycles. The molecule has 0 N–H and O–H groups in total. The van der Waals surface area contributed by atoms with Gasteiger partial charge in [-0.3, -0.25) is 0 Å². The Hall–Kier alpha value is -6.40. The summed E-state index contributed by atoms with van der Waals surface area (Å²) in [6.07, 6.45) is 12.3. The molecule has 0 radical (unpaired) electrons. The second-order valence-corrected chi connectivity index (χ2v) is 25.2. The Morgan fingerprint density at radius 3 is 2.17 bits per heavy atom. The molecule has 1 saturated carbocycles. The first-order valence-corrected chi connectivity index (χ1v) is 26.1. The average Bonchev–Trinajstić information content (AvgIpc) is 4.04. The molecule has 1 fully saturated rings. The molecule has 350 valence electrons. The van der Waals surface area contributed by atoms with Gasteiger partial charge >= 0.3 is 0 Å². The summed E-state index contributed by atoms with van der Waals surface area (Å²) >= 11 is 0. The molecule has 6 heterocycles. The molecule has 0 bridgehead atoms. The van der Waals surface area contributed by atoms with Crippen molar-refractivity contribution in [1.29, 1.82) is 0 Å². The van der Waals surface area contributed by atoms with Gasteiger partial charge in [-0.15, -0.1) is 0 Å². The van der Waals surface area contributed by atoms with Gasteiger partial charge in [-0.05, 0) is 136 Å². The van der Waals surface area contributed by atoms with Crippen LogP contribution >= 0.6 is 0 Å². The minimum Gasteiger partial charge on any atom is -0.459 e. The number of fused-ring (bicyclic) bond motifs is 15. The Kier molecular flexibility index (Phi) is 8.33. The highest BCUT2D eigenvalue weighted by Gasteiger charge is 2.58. The Morgan fingerprint density at radius 1 is 0.629 bits per heavy atom. The third-order valence-corrected chi connectivity index (χ3v) is 18.1. The first-order chi connectivity index (χ1) is 33.3. The molecule has 5 nitrogen and oxygen atoms in total. The second kappa shape index (κ2) is 13.7. The van der Waals surface area contributed by atoms with E-state index in [1.54, 1.807) is 0 Å². The van der Waals surface area contributed by atoms with Gasteiger partial charge in [0.1, 0.15) is 16.9 Å². The first-order valence-electron chi connectivity index (χ1n) is 26.1. The standard InChI is InChI=1S/C64H64BN3O2/c1-60(2,3)37-26-28-48-45(32-37)63(10)29-16-17-30-64(63,11)68(48)40-35-51-55-52(36-40)67-56-44(59-57(67)43-20-13-15-24-54(43)70-59)31-39(62(7,8)9)33-47(56)65(55)46-27-25-38(61(4,5)6)34-50(46)66(51)49-22-18-21-42-41-19-12-14-23-53(41)69-58(42)49/h12-15,18,20-28,31-36,41H,16-17,19,29-30H2,1-11H3. The van der Waals surface area contributed by atoms with Crippen LogP contribution in [0.2, 0.25) is 0 Å². The van der Waals surface area contributed by atoms with E-state index >= 15 is 0 Å². The lowest BCUT2D eigenvalue weighted by atomic mass is 9.33. The van der Waals surface area contributed by atoms with Crippen LogP contribution < -0.4 is 30.9 Å². The maximum Gasteiger partial charge on any atom is 0.252 e. The topological polar surface area (TPSA) is 33.8 Å². The van der Waals surface area contributed by atoms with Crippen LogP contribution in [0.25, 0.3) is 38.7 Å². The summed E-state index contributed by atoms with van der Waals surface area (Å²) in [5.74, 6) is 2.22. The number of rotatable bonds is 2. The van der Waals surface area contributed by atoms with Crippen molar-refractivity contribution in [3.8, 4) is 11.4 Å². The van der Waals surface area contributed by atoms with Crippen molar-refractivity contribution in [2.24, 2.45) is 0 Å². The van der Waals surface area contributed by atoms with E-state index in [1.165, 1.54) is 96.4 Å². The number of allylic oxidation sites excluding steroid dienone is 4. The van der Waals surface area contributed by atoms with E-state index in [-0.39, 0.29) is 39.8 Å². The van der Waals surface area contributed by atoms with Crippen LogP contribution in [-0.2, 0) is 21.7 Å². The van der Waals surface area contributed by atoms with E-state index in [0.717, 1.165) is 58.5 Å². The van der Waals surface area contributed by atoms with E-state index in [4.69, 9.17) is 9.15 Å². The SMILES string of the molecule is CC(C)(C)c1ccc2c(c1)N(c1cccc3c1OC1=CC=CCC13)c1cc(N3c4ccc(C(C)(C)C)cc4C4(C)CCCCC34C)cc3c1B2c1cc(C(C)(C)C)cc2c4oc5ccccc5c4n-3c12. The summed E-state index contributed by atoms with van der Waals surface area (Å²) in [4.78, 5) is 5.43. The number of nitrogens with zero attached hydrogens (tertiary/aromatic N) is 3. The highest BCUT2D eigenvalue weighted by molar-refractivity contribution is 7.00. The zero-order valence-corrected chi connectivity index (χ0v) is 42.9. The predicted molar refractivity (Wildman–Crippen MR) is 294 cm³/mol. The van der Waals surface area contributed by atoms with Gasteiger partial charge in [-0.25, -0.2) is 0 Å². The van der Waals surface area contributed by atoms with E-state index in [0.29, 0.717) is 0 Å². The number of hydrogen-bond donors (Lipinski definition) is 0. The number of ether oxygens (including phenoxy) is 1. The molecule has 3 atom stereocenters. The second-order valence-electron chi connectivity index (χ2n) is 25.2. The quantitative estimate of drug-likeness (QED) is 0.162. The summed E-state index contributed by atoms with van der Waals surface area (Å²) in [5.41, 5.74) is 22.1. The van der Waals surface area contributed by atoms with Crippen LogP contribution in [0.1, 0.15) is 142 Å². The fourth-order valence-corrected chi connectivity index (χ4v) is 14.1. The van der Waals surface area contributed by atoms with Gasteiger partial charge in [0.05, 0.1) is 16.7 Å². The van der Waals surface area contributed by atoms with Crippen LogP contribution in [0, 0.1) is 0 Å². The van der Waals surface area contributed by atoms with Crippen molar-refractivity contribution >= 4 is 84.5 Å². The van der Waals surface area contributed by atoms with Gasteiger partial charge in [0.2, 0.25) is 0 Å². The molecular formula is C64H64BN3O2. The van der Waals surface area contributed by atoms with Gasteiger partial charge in [0, 0.05) is 56.1 Å². The van der Waals surface area contributed by atoms with Crippen molar-refractivity contribution in [3.05, 3.63) is 155 Å². The zero-order chi connectivity index (χ0) is 48.2. The summed E-state index contributed by atoms with van der Waals surface area (Å²) in [5, 5.41) is 2.33. The number of anilines is 5. The number of benzene rings is 6. The van der Waals surface area contributed by atoms with Gasteiger partial charge in [-0.2, -0.15) is 0 Å². The molecule has 0 spiro atoms. The smallest absolute Gasteiger partial charge is 0.252 e. The molecule has 6 aliphatic rings. The molecule has 3 unspecified atom stereocenters. The summed E-state index contributed by atoms with van der Waals surface area (Å²) < 4.78 is 16.8. The average molecular weight is 918 g/mol. The molecular weight excluding hydrogens is 854 g/mol. The number of furan rings is 1. The van der Waals surface area contributed by atoms with Crippen LogP contribution in [0.15, 0.2) is 132 Å². The molecule has 8 aromatic rings. The lowest BCUT2D eigenvalue weighted by molar-refractivity contribution is 0.195. The van der Waals surface area contributed by atoms with Crippen molar-refractivity contribution in [3.63, 3.8) is 0 Å². The molecule has 4 aliphatic heterocycles. The Balaban J connectivity index is 1.15. The third-order valence-electron chi connectivity index (χ3n) is 18.1. The minimum atomic E-state index is -0.161. The number of aromatic nitrogens is 1. The zero-order valence-electron chi connectivity index (χ0n) is 42.9. The predicted octanol–water partition coefficient (Wildman–Crippen LogP) is 15.1. The van der Waals surface area contributed by atoms with Crippen LogP contribution in [0.4, 0.5) is 28.4 Å². The highest BCUT2D eigenvalue weighted by atomic mass is 16.5. The molecule has 14 rings (SSSR count). The maximum atomic E-state index is 7.11. The van der Waals surface area contributed by atoms with E-state index in [9.17, 15) is 0 Å². The monoisotopic (exact) mass is 918 g/mol. The molecule has 2 aromatic heterocycles. The normalized spacial score (nSPS) is 22.0. The Labute approximate surface area is 413 Å². The van der Waals surface area contributed by atoms with Crippen molar-refractivity contribution < 1.29 is 9.15 Å². The Bertz CT molecular complexity index is 3690. The fourth-order valence-electron chi connectivity index (χ4n) is 14.1. The first kappa shape index (κ1) is 42.5. The van der Waals surface area contributed by atoms with Crippen LogP contribution in [0.3, 0.4) is 0 Å². The van der Waals surface area contributed by atoms with Crippen LogP contribution in [0.5, 0.6) is 5.75 Å². The molecule has 6 heteroatoms. The third kappa shape index (κ3) is 5.46. The summed E-state index contributed by atoms with van der Waals surface area (Å²) in [6.45, 7) is 26.3. The molecule has 0 amide bonds. The maximum absolute atomic E-state index is 7.11. The van der Waals surface area contributed by atoms with Crippen molar-refractivity contribution in [2.45, 2.75) is 141 Å².